The SMILES string of the molecule is CCO/C=C/C=O.CCOC.CNc1ccc2oc(C=O)cc2c1Br. The topological polar surface area (TPSA) is 77.8 Å². The number of rotatable bonds is 6. The van der Waals surface area contributed by atoms with Gasteiger partial charge in [-0.25, -0.2) is 0 Å². The molecule has 1 aromatic carbocycles. The molecule has 0 bridgehead atoms. The zero-order chi connectivity index (χ0) is 19.1. The number of allylic oxidation sites excluding steroid dienone is 1. The molecule has 1 heterocycles. The van der Waals surface area contributed by atoms with E-state index >= 15 is 0 Å². The Kier molecular flexibility index (Phi) is 13.0. The molecule has 0 aliphatic rings. The molecule has 0 aliphatic carbocycles. The summed E-state index contributed by atoms with van der Waals surface area (Å²) in [5, 5.41) is 3.94. The van der Waals surface area contributed by atoms with Crippen LogP contribution in [0.15, 0.2) is 39.4 Å². The Morgan fingerprint density at radius 1 is 1.24 bits per heavy atom. The molecule has 0 fully saturated rings. The molecule has 0 atom stereocenters. The van der Waals surface area contributed by atoms with E-state index in [4.69, 9.17) is 4.42 Å². The van der Waals surface area contributed by atoms with E-state index in [1.165, 1.54) is 12.3 Å². The lowest BCUT2D eigenvalue weighted by Crippen LogP contribution is -1.88. The van der Waals surface area contributed by atoms with Crippen LogP contribution in [0.25, 0.3) is 11.0 Å². The van der Waals surface area contributed by atoms with Gasteiger partial charge in [0.15, 0.2) is 12.0 Å². The Balaban J connectivity index is 0.000000442. The molecule has 0 radical (unpaired) electrons. The number of fused-ring (bicyclic) bond motifs is 1. The predicted octanol–water partition coefficient (Wildman–Crippen LogP) is 4.44. The number of carbonyl (C=O) groups excluding carboxylic acids is 2. The van der Waals surface area contributed by atoms with Crippen molar-refractivity contribution in [3.8, 4) is 0 Å². The van der Waals surface area contributed by atoms with E-state index in [1.807, 2.05) is 33.0 Å². The predicted molar refractivity (Wildman–Crippen MR) is 103 cm³/mol. The van der Waals surface area contributed by atoms with Gasteiger partial charge in [-0.2, -0.15) is 0 Å². The van der Waals surface area contributed by atoms with Crippen LogP contribution in [-0.2, 0) is 14.3 Å². The van der Waals surface area contributed by atoms with Crippen molar-refractivity contribution in [1.29, 1.82) is 0 Å². The summed E-state index contributed by atoms with van der Waals surface area (Å²) in [6, 6.07) is 5.44. The molecule has 6 nitrogen and oxygen atoms in total. The third-order valence-electron chi connectivity index (χ3n) is 2.75. The van der Waals surface area contributed by atoms with Gasteiger partial charge in [-0.3, -0.25) is 9.59 Å². The van der Waals surface area contributed by atoms with E-state index in [2.05, 4.69) is 30.7 Å². The second kappa shape index (κ2) is 14.2. The fourth-order valence-corrected chi connectivity index (χ4v) is 2.17. The summed E-state index contributed by atoms with van der Waals surface area (Å²) in [5.41, 5.74) is 1.67. The normalized spacial score (nSPS) is 9.64. The fraction of sp³-hybridized carbons (Fsp3) is 0.333. The molecule has 0 saturated carbocycles. The number of anilines is 1. The Morgan fingerprint density at radius 2 is 1.92 bits per heavy atom. The Morgan fingerprint density at radius 3 is 2.40 bits per heavy atom. The van der Waals surface area contributed by atoms with E-state index in [-0.39, 0.29) is 0 Å². The number of aldehydes is 2. The molecule has 1 aromatic heterocycles. The smallest absolute Gasteiger partial charge is 0.185 e. The van der Waals surface area contributed by atoms with Crippen LogP contribution in [0.5, 0.6) is 0 Å². The molecule has 0 saturated heterocycles. The van der Waals surface area contributed by atoms with E-state index < -0.39 is 0 Å². The summed E-state index contributed by atoms with van der Waals surface area (Å²) < 4.78 is 15.4. The quantitative estimate of drug-likeness (QED) is 0.428. The number of hydrogen-bond acceptors (Lipinski definition) is 6. The second-order valence-electron chi connectivity index (χ2n) is 4.35. The van der Waals surface area contributed by atoms with Crippen molar-refractivity contribution < 1.29 is 23.5 Å². The van der Waals surface area contributed by atoms with Crippen LogP contribution in [0.3, 0.4) is 0 Å². The minimum absolute atomic E-state index is 0.342. The highest BCUT2D eigenvalue weighted by Crippen LogP contribution is 2.32. The molecular formula is C18H24BrNO5. The van der Waals surface area contributed by atoms with Crippen LogP contribution < -0.4 is 5.32 Å². The van der Waals surface area contributed by atoms with Gasteiger partial charge in [0.05, 0.1) is 17.3 Å². The number of nitrogens with one attached hydrogen (secondary N) is 1. The standard InChI is InChI=1S/C10H8BrNO2.C5H8O2.C3H8O/c1-12-8-2-3-9-7(10(8)11)4-6(5-13)14-9;1-2-7-5-3-4-6;1-3-4-2/h2-5,12H,1H3;3-5H,2H2,1H3;3H2,1-2H3/b;5-3+;. The van der Waals surface area contributed by atoms with Gasteiger partial charge >= 0.3 is 0 Å². The monoisotopic (exact) mass is 413 g/mol. The first-order valence-electron chi connectivity index (χ1n) is 7.65. The van der Waals surface area contributed by atoms with Crippen LogP contribution in [0.2, 0.25) is 0 Å². The largest absolute Gasteiger partial charge is 0.501 e. The molecule has 2 aromatic rings. The summed E-state index contributed by atoms with van der Waals surface area (Å²) in [7, 11) is 3.52. The molecule has 0 aliphatic heterocycles. The van der Waals surface area contributed by atoms with Crippen LogP contribution in [0.1, 0.15) is 24.4 Å². The number of methoxy groups -OCH3 is 1. The van der Waals surface area contributed by atoms with Gasteiger partial charge in [0.25, 0.3) is 0 Å². The van der Waals surface area contributed by atoms with Crippen molar-refractivity contribution in [2.75, 3.05) is 32.7 Å². The van der Waals surface area contributed by atoms with Crippen molar-refractivity contribution in [3.63, 3.8) is 0 Å². The van der Waals surface area contributed by atoms with Gasteiger partial charge < -0.3 is 19.2 Å². The van der Waals surface area contributed by atoms with Crippen LogP contribution in [-0.4, -0.2) is 39.9 Å². The highest BCUT2D eigenvalue weighted by molar-refractivity contribution is 9.10. The van der Waals surface area contributed by atoms with Gasteiger partial charge in [-0.05, 0) is 48.0 Å². The van der Waals surface area contributed by atoms with Crippen molar-refractivity contribution in [3.05, 3.63) is 40.8 Å². The first-order chi connectivity index (χ1) is 12.1. The molecule has 0 amide bonds. The van der Waals surface area contributed by atoms with E-state index in [0.29, 0.717) is 30.5 Å². The van der Waals surface area contributed by atoms with Crippen molar-refractivity contribution >= 4 is 45.2 Å². The van der Waals surface area contributed by atoms with Gasteiger partial charge in [-0.1, -0.05) is 0 Å². The first-order valence-corrected chi connectivity index (χ1v) is 8.44. The van der Waals surface area contributed by atoms with Gasteiger partial charge in [0.2, 0.25) is 0 Å². The van der Waals surface area contributed by atoms with Crippen LogP contribution in [0.4, 0.5) is 5.69 Å². The minimum atomic E-state index is 0.342. The summed E-state index contributed by atoms with van der Waals surface area (Å²) >= 11 is 3.45. The average molecular weight is 414 g/mol. The molecule has 0 unspecified atom stereocenters. The summed E-state index contributed by atoms with van der Waals surface area (Å²) in [6.07, 6.45) is 4.05. The molecule has 1 N–H and O–H groups in total. The zero-order valence-corrected chi connectivity index (χ0v) is 16.5. The van der Waals surface area contributed by atoms with Crippen molar-refractivity contribution in [2.24, 2.45) is 0 Å². The average Bonchev–Trinajstić information content (AvgIpc) is 3.08. The third kappa shape index (κ3) is 8.51. The zero-order valence-electron chi connectivity index (χ0n) is 14.9. The number of carbonyl (C=O) groups is 2. The Labute approximate surface area is 156 Å². The molecular weight excluding hydrogens is 390 g/mol. The lowest BCUT2D eigenvalue weighted by atomic mass is 10.2. The van der Waals surface area contributed by atoms with Crippen LogP contribution >= 0.6 is 15.9 Å². The van der Waals surface area contributed by atoms with E-state index in [1.54, 1.807) is 13.2 Å². The number of ether oxygens (including phenoxy) is 2. The minimum Gasteiger partial charge on any atom is -0.501 e. The third-order valence-corrected chi connectivity index (χ3v) is 3.60. The Hall–Kier alpha value is -2.12. The van der Waals surface area contributed by atoms with Gasteiger partial charge in [0.1, 0.15) is 11.9 Å². The van der Waals surface area contributed by atoms with Crippen molar-refractivity contribution in [2.45, 2.75) is 13.8 Å². The highest BCUT2D eigenvalue weighted by Gasteiger charge is 2.08. The number of benzene rings is 1. The summed E-state index contributed by atoms with van der Waals surface area (Å²) in [6.45, 7) is 5.25. The van der Waals surface area contributed by atoms with Gasteiger partial charge in [0, 0.05) is 37.9 Å². The second-order valence-corrected chi connectivity index (χ2v) is 5.15. The molecule has 25 heavy (non-hydrogen) atoms. The van der Waals surface area contributed by atoms with E-state index in [0.717, 1.165) is 22.2 Å². The summed E-state index contributed by atoms with van der Waals surface area (Å²) in [5.74, 6) is 0.342. The first kappa shape index (κ1) is 22.9. The Bertz CT molecular complexity index is 665. The fourth-order valence-electron chi connectivity index (χ4n) is 1.53. The van der Waals surface area contributed by atoms with E-state index in [9.17, 15) is 9.59 Å². The molecule has 2 rings (SSSR count). The lowest BCUT2D eigenvalue weighted by Gasteiger charge is -2.02. The van der Waals surface area contributed by atoms with Crippen LogP contribution in [0, 0.1) is 0 Å². The summed E-state index contributed by atoms with van der Waals surface area (Å²) in [4.78, 5) is 20.0. The maximum atomic E-state index is 10.5. The van der Waals surface area contributed by atoms with Crippen molar-refractivity contribution in [1.82, 2.24) is 0 Å². The van der Waals surface area contributed by atoms with Gasteiger partial charge in [-0.15, -0.1) is 0 Å². The number of halogens is 1. The molecule has 138 valence electrons. The number of furan rings is 1. The molecule has 7 heteroatoms. The maximum Gasteiger partial charge on any atom is 0.185 e. The highest BCUT2D eigenvalue weighted by atomic mass is 79.9. The maximum absolute atomic E-state index is 10.5. The molecule has 0 spiro atoms. The number of hydrogen-bond donors (Lipinski definition) is 1. The lowest BCUT2D eigenvalue weighted by molar-refractivity contribution is -0.104.